The van der Waals surface area contributed by atoms with E-state index in [1.54, 1.807) is 22.9 Å². The van der Waals surface area contributed by atoms with Crippen LogP contribution in [0.2, 0.25) is 0 Å². The fraction of sp³-hybridized carbons (Fsp3) is 0.316. The highest BCUT2D eigenvalue weighted by atomic mass is 35.5. The molecule has 4 rings (SSSR count). The second-order valence-electron chi connectivity index (χ2n) is 6.38. The van der Waals surface area contributed by atoms with Crippen molar-refractivity contribution in [3.05, 3.63) is 54.1 Å². The number of hydrogen-bond acceptors (Lipinski definition) is 3. The van der Waals surface area contributed by atoms with Crippen molar-refractivity contribution in [2.45, 2.75) is 12.8 Å². The van der Waals surface area contributed by atoms with Crippen LogP contribution in [0, 0.1) is 17.6 Å². The summed E-state index contributed by atoms with van der Waals surface area (Å²) in [5.74, 6) is 0.181. The van der Waals surface area contributed by atoms with Crippen LogP contribution in [0.1, 0.15) is 12.8 Å². The van der Waals surface area contributed by atoms with E-state index in [0.29, 0.717) is 29.5 Å². The minimum atomic E-state index is -0.338. The zero-order chi connectivity index (χ0) is 17.2. The quantitative estimate of drug-likeness (QED) is 0.741. The fourth-order valence-electron chi connectivity index (χ4n) is 3.21. The van der Waals surface area contributed by atoms with E-state index in [9.17, 15) is 8.78 Å². The number of nitrogens with one attached hydrogen (secondary N) is 1. The van der Waals surface area contributed by atoms with E-state index in [1.165, 1.54) is 24.3 Å². The normalized spacial score (nSPS) is 17.1. The van der Waals surface area contributed by atoms with Crippen molar-refractivity contribution in [1.82, 2.24) is 15.1 Å². The molecule has 3 aromatic rings. The van der Waals surface area contributed by atoms with E-state index in [1.807, 2.05) is 0 Å². The van der Waals surface area contributed by atoms with Gasteiger partial charge in [-0.25, -0.2) is 13.5 Å². The van der Waals surface area contributed by atoms with Crippen LogP contribution in [-0.4, -0.2) is 29.5 Å². The Morgan fingerprint density at radius 2 is 1.88 bits per heavy atom. The lowest BCUT2D eigenvalue weighted by Gasteiger charge is -2.22. The van der Waals surface area contributed by atoms with Gasteiger partial charge in [-0.3, -0.25) is 0 Å². The largest absolute Gasteiger partial charge is 0.476 e. The molecule has 0 amide bonds. The van der Waals surface area contributed by atoms with Crippen molar-refractivity contribution in [3.63, 3.8) is 0 Å². The first-order valence-electron chi connectivity index (χ1n) is 8.48. The van der Waals surface area contributed by atoms with Gasteiger partial charge in [-0.05, 0) is 61.9 Å². The van der Waals surface area contributed by atoms with E-state index < -0.39 is 0 Å². The van der Waals surface area contributed by atoms with Gasteiger partial charge in [-0.15, -0.1) is 17.5 Å². The lowest BCUT2D eigenvalue weighted by atomic mass is 10.0. The summed E-state index contributed by atoms with van der Waals surface area (Å²) in [5.41, 5.74) is 1.43. The second kappa shape index (κ2) is 8.01. The predicted octanol–water partition coefficient (Wildman–Crippen LogP) is 4.10. The standard InChI is InChI=1S/C19H19F2N3O.ClH/c20-14-3-6-16(7-4-14)24-18-8-5-15(21)10-17(18)19(23-24)25-12-13-2-1-9-22-11-13;/h3-8,10,13,22H,1-2,9,11-12H2;1H. The highest BCUT2D eigenvalue weighted by Crippen LogP contribution is 2.29. The van der Waals surface area contributed by atoms with Gasteiger partial charge in [0, 0.05) is 12.5 Å². The Kier molecular flexibility index (Phi) is 5.74. The molecule has 1 atom stereocenters. The number of piperidine rings is 1. The molecule has 2 heterocycles. The number of ether oxygens (including phenoxy) is 1. The van der Waals surface area contributed by atoms with Gasteiger partial charge in [-0.2, -0.15) is 0 Å². The summed E-state index contributed by atoms with van der Waals surface area (Å²) >= 11 is 0. The highest BCUT2D eigenvalue weighted by molar-refractivity contribution is 5.86. The van der Waals surface area contributed by atoms with E-state index >= 15 is 0 Å². The Labute approximate surface area is 156 Å². The van der Waals surface area contributed by atoms with Crippen LogP contribution < -0.4 is 10.1 Å². The monoisotopic (exact) mass is 379 g/mol. The van der Waals surface area contributed by atoms with Gasteiger partial charge in [0.1, 0.15) is 11.6 Å². The van der Waals surface area contributed by atoms with E-state index in [4.69, 9.17) is 4.74 Å². The molecule has 138 valence electrons. The number of halogens is 3. The summed E-state index contributed by atoms with van der Waals surface area (Å²) in [6.45, 7) is 2.51. The minimum Gasteiger partial charge on any atom is -0.476 e. The number of aromatic nitrogens is 2. The van der Waals surface area contributed by atoms with Crippen molar-refractivity contribution in [3.8, 4) is 11.6 Å². The van der Waals surface area contributed by atoms with Gasteiger partial charge in [0.05, 0.1) is 23.2 Å². The van der Waals surface area contributed by atoms with Gasteiger partial charge in [0.25, 0.3) is 0 Å². The fourth-order valence-corrected chi connectivity index (χ4v) is 3.21. The summed E-state index contributed by atoms with van der Waals surface area (Å²) in [6, 6.07) is 10.5. The van der Waals surface area contributed by atoms with Gasteiger partial charge in [0.2, 0.25) is 5.88 Å². The molecule has 0 aliphatic carbocycles. The Morgan fingerprint density at radius 3 is 2.62 bits per heavy atom. The van der Waals surface area contributed by atoms with Gasteiger partial charge in [0.15, 0.2) is 0 Å². The molecule has 1 aromatic heterocycles. The van der Waals surface area contributed by atoms with Crippen LogP contribution in [-0.2, 0) is 0 Å². The molecule has 0 saturated carbocycles. The van der Waals surface area contributed by atoms with Crippen molar-refractivity contribution < 1.29 is 13.5 Å². The zero-order valence-corrected chi connectivity index (χ0v) is 14.9. The van der Waals surface area contributed by atoms with Crippen molar-refractivity contribution in [2.24, 2.45) is 5.92 Å². The second-order valence-corrected chi connectivity index (χ2v) is 6.38. The Balaban J connectivity index is 0.00000196. The Morgan fingerprint density at radius 1 is 1.12 bits per heavy atom. The SMILES string of the molecule is Cl.Fc1ccc(-n2nc(OCC3CCCNC3)c3cc(F)ccc32)cc1. The van der Waals surface area contributed by atoms with Gasteiger partial charge < -0.3 is 10.1 Å². The molecule has 0 radical (unpaired) electrons. The molecule has 1 saturated heterocycles. The van der Waals surface area contributed by atoms with Crippen LogP contribution >= 0.6 is 12.4 Å². The molecular weight excluding hydrogens is 360 g/mol. The topological polar surface area (TPSA) is 39.1 Å². The van der Waals surface area contributed by atoms with E-state index in [0.717, 1.165) is 31.4 Å². The van der Waals surface area contributed by atoms with Gasteiger partial charge in [-0.1, -0.05) is 0 Å². The summed E-state index contributed by atoms with van der Waals surface area (Å²) in [5, 5.41) is 8.47. The van der Waals surface area contributed by atoms with Crippen molar-refractivity contribution in [2.75, 3.05) is 19.7 Å². The maximum Gasteiger partial charge on any atom is 0.241 e. The molecule has 7 heteroatoms. The van der Waals surface area contributed by atoms with Crippen LogP contribution in [0.15, 0.2) is 42.5 Å². The summed E-state index contributed by atoms with van der Waals surface area (Å²) in [7, 11) is 0. The van der Waals surface area contributed by atoms with Crippen molar-refractivity contribution >= 4 is 23.3 Å². The average molecular weight is 380 g/mol. The highest BCUT2D eigenvalue weighted by Gasteiger charge is 2.18. The third-order valence-electron chi connectivity index (χ3n) is 4.53. The summed E-state index contributed by atoms with van der Waals surface area (Å²) in [6.07, 6.45) is 2.24. The Bertz CT molecular complexity index is 876. The molecular formula is C19H20ClF2N3O. The molecule has 1 aliphatic heterocycles. The van der Waals surface area contributed by atoms with E-state index in [-0.39, 0.29) is 24.0 Å². The summed E-state index contributed by atoms with van der Waals surface area (Å²) in [4.78, 5) is 0. The minimum absolute atomic E-state index is 0. The van der Waals surface area contributed by atoms with Crippen LogP contribution in [0.25, 0.3) is 16.6 Å². The molecule has 1 unspecified atom stereocenters. The summed E-state index contributed by atoms with van der Waals surface area (Å²) < 4.78 is 34.5. The number of benzene rings is 2. The lowest BCUT2D eigenvalue weighted by Crippen LogP contribution is -2.33. The third kappa shape index (κ3) is 3.81. The maximum atomic E-state index is 13.7. The molecule has 4 nitrogen and oxygen atoms in total. The number of fused-ring (bicyclic) bond motifs is 1. The average Bonchev–Trinajstić information content (AvgIpc) is 2.99. The first-order valence-corrected chi connectivity index (χ1v) is 8.48. The maximum absolute atomic E-state index is 13.7. The smallest absolute Gasteiger partial charge is 0.241 e. The third-order valence-corrected chi connectivity index (χ3v) is 4.53. The molecule has 26 heavy (non-hydrogen) atoms. The van der Waals surface area contributed by atoms with Crippen LogP contribution in [0.4, 0.5) is 8.78 Å². The first kappa shape index (κ1) is 18.6. The predicted molar refractivity (Wildman–Crippen MR) is 99.3 cm³/mol. The number of nitrogens with zero attached hydrogens (tertiary/aromatic N) is 2. The molecule has 1 aliphatic rings. The first-order chi connectivity index (χ1) is 12.2. The molecule has 1 fully saturated rings. The number of rotatable bonds is 4. The van der Waals surface area contributed by atoms with E-state index in [2.05, 4.69) is 10.4 Å². The van der Waals surface area contributed by atoms with Crippen LogP contribution in [0.5, 0.6) is 5.88 Å². The Hall–Kier alpha value is -2.18. The molecule has 0 bridgehead atoms. The molecule has 1 N–H and O–H groups in total. The van der Waals surface area contributed by atoms with Crippen LogP contribution in [0.3, 0.4) is 0 Å². The zero-order valence-electron chi connectivity index (χ0n) is 14.1. The molecule has 0 spiro atoms. The molecule has 2 aromatic carbocycles. The van der Waals surface area contributed by atoms with Crippen molar-refractivity contribution in [1.29, 1.82) is 0 Å². The van der Waals surface area contributed by atoms with Gasteiger partial charge >= 0.3 is 0 Å². The number of hydrogen-bond donors (Lipinski definition) is 1. The lowest BCUT2D eigenvalue weighted by molar-refractivity contribution is 0.213.